The fourth-order valence-corrected chi connectivity index (χ4v) is 2.67. The number of hydrogen-bond donors (Lipinski definition) is 2. The highest BCUT2D eigenvalue weighted by molar-refractivity contribution is 9.10. The summed E-state index contributed by atoms with van der Waals surface area (Å²) in [6.07, 6.45) is 0. The number of rotatable bonds is 3. The second kappa shape index (κ2) is 6.41. The van der Waals surface area contributed by atoms with Gasteiger partial charge >= 0.3 is 0 Å². The molecule has 20 heavy (non-hydrogen) atoms. The Kier molecular flexibility index (Phi) is 4.83. The molecular weight excluding hydrogens is 384 g/mol. The molecule has 2 aromatic rings. The Morgan fingerprint density at radius 1 is 1.15 bits per heavy atom. The second-order valence-corrected chi connectivity index (χ2v) is 6.31. The minimum absolute atomic E-state index is 0.0944. The third-order valence-corrected chi connectivity index (χ3v) is 3.94. The van der Waals surface area contributed by atoms with Crippen molar-refractivity contribution in [3.05, 3.63) is 62.5 Å². The largest absolute Gasteiger partial charge is 0.398 e. The monoisotopic (exact) mass is 396 g/mol. The Labute approximate surface area is 134 Å². The first-order valence-corrected chi connectivity index (χ1v) is 7.67. The van der Waals surface area contributed by atoms with Crippen LogP contribution in [0.25, 0.3) is 0 Å². The van der Waals surface area contributed by atoms with Crippen molar-refractivity contribution < 1.29 is 4.79 Å². The number of carbonyl (C=O) groups is 1. The van der Waals surface area contributed by atoms with Crippen LogP contribution in [-0.2, 0) is 0 Å². The van der Waals surface area contributed by atoms with E-state index in [0.29, 0.717) is 11.3 Å². The lowest BCUT2D eigenvalue weighted by atomic mass is 10.1. The molecule has 0 radical (unpaired) electrons. The molecule has 0 fully saturated rings. The number of hydrogen-bond acceptors (Lipinski definition) is 2. The van der Waals surface area contributed by atoms with E-state index in [1.807, 2.05) is 31.2 Å². The predicted octanol–water partition coefficient (Wildman–Crippen LogP) is 4.28. The normalized spacial score (nSPS) is 11.9. The van der Waals surface area contributed by atoms with Crippen molar-refractivity contribution in [2.45, 2.75) is 13.0 Å². The van der Waals surface area contributed by atoms with E-state index in [0.717, 1.165) is 14.5 Å². The maximum atomic E-state index is 12.2. The van der Waals surface area contributed by atoms with Gasteiger partial charge in [-0.2, -0.15) is 0 Å². The summed E-state index contributed by atoms with van der Waals surface area (Å²) < 4.78 is 1.84. The van der Waals surface area contributed by atoms with Gasteiger partial charge < -0.3 is 11.1 Å². The van der Waals surface area contributed by atoms with Crippen molar-refractivity contribution in [3.63, 3.8) is 0 Å². The van der Waals surface area contributed by atoms with Crippen LogP contribution in [0.5, 0.6) is 0 Å². The molecule has 0 unspecified atom stereocenters. The van der Waals surface area contributed by atoms with Crippen LogP contribution in [-0.4, -0.2) is 5.91 Å². The Bertz CT molecular complexity index is 644. The number of carbonyl (C=O) groups excluding carboxylic acids is 1. The predicted molar refractivity (Wildman–Crippen MR) is 88.6 cm³/mol. The number of halogens is 2. The average molecular weight is 398 g/mol. The molecular formula is C15H14Br2N2O. The lowest BCUT2D eigenvalue weighted by Crippen LogP contribution is -2.27. The Morgan fingerprint density at radius 2 is 1.85 bits per heavy atom. The quantitative estimate of drug-likeness (QED) is 0.759. The number of amides is 1. The highest BCUT2D eigenvalue weighted by atomic mass is 79.9. The van der Waals surface area contributed by atoms with E-state index < -0.39 is 0 Å². The van der Waals surface area contributed by atoms with Crippen LogP contribution in [0.4, 0.5) is 5.69 Å². The maximum Gasteiger partial charge on any atom is 0.253 e. The van der Waals surface area contributed by atoms with E-state index in [1.165, 1.54) is 0 Å². The number of nitrogen functional groups attached to an aromatic ring is 1. The molecule has 0 bridgehead atoms. The lowest BCUT2D eigenvalue weighted by Gasteiger charge is -2.15. The fraction of sp³-hybridized carbons (Fsp3) is 0.133. The molecule has 1 amide bonds. The Hall–Kier alpha value is -1.33. The molecule has 0 aromatic heterocycles. The van der Waals surface area contributed by atoms with E-state index >= 15 is 0 Å². The summed E-state index contributed by atoms with van der Waals surface area (Å²) in [5.74, 6) is -0.178. The maximum absolute atomic E-state index is 12.2. The van der Waals surface area contributed by atoms with Crippen molar-refractivity contribution in [3.8, 4) is 0 Å². The third-order valence-electron chi connectivity index (χ3n) is 2.95. The van der Waals surface area contributed by atoms with E-state index in [1.54, 1.807) is 18.2 Å². The SMILES string of the molecule is C[C@@H](NC(=O)c1ccc(Br)cc1N)c1cccc(Br)c1. The van der Waals surface area contributed by atoms with Crippen LogP contribution in [0.2, 0.25) is 0 Å². The molecule has 104 valence electrons. The molecule has 2 rings (SSSR count). The van der Waals surface area contributed by atoms with Gasteiger partial charge in [-0.05, 0) is 42.8 Å². The van der Waals surface area contributed by atoms with Gasteiger partial charge in [0, 0.05) is 14.6 Å². The smallest absolute Gasteiger partial charge is 0.253 e. The lowest BCUT2D eigenvalue weighted by molar-refractivity contribution is 0.0941. The summed E-state index contributed by atoms with van der Waals surface area (Å²) in [5, 5.41) is 2.94. The topological polar surface area (TPSA) is 55.1 Å². The van der Waals surface area contributed by atoms with Crippen LogP contribution in [0, 0.1) is 0 Å². The van der Waals surface area contributed by atoms with Crippen molar-refractivity contribution in [2.75, 3.05) is 5.73 Å². The molecule has 0 aliphatic heterocycles. The van der Waals surface area contributed by atoms with Gasteiger partial charge in [-0.1, -0.05) is 44.0 Å². The number of anilines is 1. The number of nitrogens with one attached hydrogen (secondary N) is 1. The van der Waals surface area contributed by atoms with Crippen molar-refractivity contribution >= 4 is 43.5 Å². The molecule has 0 spiro atoms. The minimum Gasteiger partial charge on any atom is -0.398 e. The number of nitrogens with two attached hydrogens (primary N) is 1. The molecule has 1 atom stereocenters. The van der Waals surface area contributed by atoms with Crippen molar-refractivity contribution in [1.29, 1.82) is 0 Å². The summed E-state index contributed by atoms with van der Waals surface area (Å²) in [7, 11) is 0. The summed E-state index contributed by atoms with van der Waals surface area (Å²) in [5.41, 5.74) is 7.83. The van der Waals surface area contributed by atoms with Gasteiger partial charge in [0.05, 0.1) is 11.6 Å². The van der Waals surface area contributed by atoms with Gasteiger partial charge in [-0.25, -0.2) is 0 Å². The first-order valence-electron chi connectivity index (χ1n) is 6.08. The first-order chi connectivity index (χ1) is 9.47. The van der Waals surface area contributed by atoms with E-state index in [2.05, 4.69) is 37.2 Å². The van der Waals surface area contributed by atoms with E-state index in [4.69, 9.17) is 5.73 Å². The van der Waals surface area contributed by atoms with Crippen LogP contribution < -0.4 is 11.1 Å². The van der Waals surface area contributed by atoms with Gasteiger partial charge in [0.2, 0.25) is 0 Å². The van der Waals surface area contributed by atoms with Crippen LogP contribution in [0.3, 0.4) is 0 Å². The minimum atomic E-state index is -0.178. The molecule has 0 saturated carbocycles. The summed E-state index contributed by atoms with van der Waals surface area (Å²) in [6.45, 7) is 1.94. The van der Waals surface area contributed by atoms with Gasteiger partial charge in [0.25, 0.3) is 5.91 Å². The van der Waals surface area contributed by atoms with Crippen LogP contribution in [0.1, 0.15) is 28.9 Å². The molecule has 3 N–H and O–H groups in total. The van der Waals surface area contributed by atoms with Gasteiger partial charge in [-0.15, -0.1) is 0 Å². The molecule has 0 aliphatic rings. The van der Waals surface area contributed by atoms with Gasteiger partial charge in [-0.3, -0.25) is 4.79 Å². The Morgan fingerprint density at radius 3 is 2.50 bits per heavy atom. The van der Waals surface area contributed by atoms with Crippen LogP contribution in [0.15, 0.2) is 51.4 Å². The molecule has 0 aliphatic carbocycles. The van der Waals surface area contributed by atoms with E-state index in [-0.39, 0.29) is 11.9 Å². The zero-order valence-corrected chi connectivity index (χ0v) is 14.0. The molecule has 5 heteroatoms. The highest BCUT2D eigenvalue weighted by Crippen LogP contribution is 2.21. The molecule has 3 nitrogen and oxygen atoms in total. The molecule has 2 aromatic carbocycles. The zero-order chi connectivity index (χ0) is 14.7. The molecule has 0 saturated heterocycles. The number of benzene rings is 2. The summed E-state index contributed by atoms with van der Waals surface area (Å²) in [4.78, 5) is 12.2. The first kappa shape index (κ1) is 15.1. The second-order valence-electron chi connectivity index (χ2n) is 4.48. The van der Waals surface area contributed by atoms with Crippen LogP contribution >= 0.6 is 31.9 Å². The average Bonchev–Trinajstić information content (AvgIpc) is 2.38. The van der Waals surface area contributed by atoms with Crippen molar-refractivity contribution in [2.24, 2.45) is 0 Å². The van der Waals surface area contributed by atoms with Gasteiger partial charge in [0.15, 0.2) is 0 Å². The van der Waals surface area contributed by atoms with E-state index in [9.17, 15) is 4.79 Å². The Balaban J connectivity index is 2.15. The standard InChI is InChI=1S/C15H14Br2N2O/c1-9(10-3-2-4-11(16)7-10)19-15(20)13-6-5-12(17)8-14(13)18/h2-9H,18H2,1H3,(H,19,20)/t9-/m1/s1. The molecule has 0 heterocycles. The summed E-state index contributed by atoms with van der Waals surface area (Å²) >= 11 is 6.75. The third kappa shape index (κ3) is 3.61. The highest BCUT2D eigenvalue weighted by Gasteiger charge is 2.14. The fourth-order valence-electron chi connectivity index (χ4n) is 1.87. The zero-order valence-electron chi connectivity index (χ0n) is 10.9. The van der Waals surface area contributed by atoms with Crippen molar-refractivity contribution in [1.82, 2.24) is 5.32 Å². The summed E-state index contributed by atoms with van der Waals surface area (Å²) in [6, 6.07) is 13.0. The van der Waals surface area contributed by atoms with Gasteiger partial charge in [0.1, 0.15) is 0 Å².